The van der Waals surface area contributed by atoms with Crippen LogP contribution < -0.4 is 5.32 Å². The van der Waals surface area contributed by atoms with E-state index in [-0.39, 0.29) is 11.6 Å². The van der Waals surface area contributed by atoms with Crippen LogP contribution >= 0.6 is 23.1 Å². The maximum absolute atomic E-state index is 12.0. The zero-order valence-electron chi connectivity index (χ0n) is 13.2. The summed E-state index contributed by atoms with van der Waals surface area (Å²) in [6.45, 7) is 0. The topological polar surface area (TPSA) is 85.1 Å². The number of thioether (sulfide) groups is 1. The van der Waals surface area contributed by atoms with E-state index < -0.39 is 4.92 Å². The summed E-state index contributed by atoms with van der Waals surface area (Å²) in [5, 5.41) is 14.0. The highest BCUT2D eigenvalue weighted by atomic mass is 32.2. The van der Waals surface area contributed by atoms with Crippen molar-refractivity contribution < 1.29 is 9.72 Å². The monoisotopic (exact) mass is 373 g/mol. The summed E-state index contributed by atoms with van der Waals surface area (Å²) in [5.74, 6) is 0.769. The third kappa shape index (κ3) is 4.77. The molecule has 0 aliphatic rings. The van der Waals surface area contributed by atoms with Crippen molar-refractivity contribution in [2.75, 3.05) is 11.1 Å². The van der Waals surface area contributed by atoms with Crippen molar-refractivity contribution in [3.8, 4) is 0 Å². The number of fused-ring (bicyclic) bond motifs is 1. The molecule has 3 aromatic rings. The maximum atomic E-state index is 12.0. The van der Waals surface area contributed by atoms with E-state index in [2.05, 4.69) is 10.3 Å². The van der Waals surface area contributed by atoms with Gasteiger partial charge >= 0.3 is 0 Å². The van der Waals surface area contributed by atoms with Crippen LogP contribution in [0.1, 0.15) is 12.8 Å². The molecule has 0 saturated carbocycles. The summed E-state index contributed by atoms with van der Waals surface area (Å²) in [4.78, 5) is 27.8. The zero-order chi connectivity index (χ0) is 17.6. The Morgan fingerprint density at radius 2 is 2.04 bits per heavy atom. The molecule has 1 amide bonds. The van der Waals surface area contributed by atoms with Crippen LogP contribution in [0.15, 0.2) is 53.4 Å². The fourth-order valence-electron chi connectivity index (χ4n) is 2.20. The Morgan fingerprint density at radius 3 is 2.80 bits per heavy atom. The Labute approximate surface area is 152 Å². The summed E-state index contributed by atoms with van der Waals surface area (Å²) < 4.78 is 0.806. The summed E-state index contributed by atoms with van der Waals surface area (Å²) in [7, 11) is 0. The number of anilines is 1. The van der Waals surface area contributed by atoms with Crippen LogP contribution in [0, 0.1) is 10.1 Å². The van der Waals surface area contributed by atoms with Gasteiger partial charge in [-0.15, -0.1) is 11.8 Å². The predicted octanol–water partition coefficient (Wildman–Crippen LogP) is 4.72. The number of nitrogens with one attached hydrogen (secondary N) is 1. The molecule has 1 N–H and O–H groups in total. The van der Waals surface area contributed by atoms with E-state index >= 15 is 0 Å². The van der Waals surface area contributed by atoms with Gasteiger partial charge < -0.3 is 5.32 Å². The van der Waals surface area contributed by atoms with Crippen molar-refractivity contribution in [3.05, 3.63) is 58.6 Å². The molecule has 0 aliphatic carbocycles. The first-order valence-corrected chi connectivity index (χ1v) is 9.45. The number of benzene rings is 2. The fraction of sp³-hybridized carbons (Fsp3) is 0.176. The zero-order valence-corrected chi connectivity index (χ0v) is 14.8. The van der Waals surface area contributed by atoms with Gasteiger partial charge in [0.25, 0.3) is 5.69 Å². The highest BCUT2D eigenvalue weighted by molar-refractivity contribution is 7.99. The van der Waals surface area contributed by atoms with Crippen LogP contribution in [0.2, 0.25) is 0 Å². The molecule has 6 nitrogen and oxygen atoms in total. The van der Waals surface area contributed by atoms with E-state index in [1.807, 2.05) is 30.3 Å². The Hall–Kier alpha value is -2.45. The standard InChI is InChI=1S/C17H15N3O3S2/c21-16(7-4-10-24-13-5-2-1-3-6-13)19-17-18-14-11-12(20(22)23)8-9-15(14)25-17/h1-3,5-6,8-9,11H,4,7,10H2,(H,18,19,21). The van der Waals surface area contributed by atoms with Crippen LogP contribution in [0.5, 0.6) is 0 Å². The number of rotatable bonds is 7. The van der Waals surface area contributed by atoms with Gasteiger partial charge in [0.15, 0.2) is 5.13 Å². The number of amides is 1. The normalized spacial score (nSPS) is 10.7. The van der Waals surface area contributed by atoms with Gasteiger partial charge in [0.1, 0.15) is 0 Å². The summed E-state index contributed by atoms with van der Waals surface area (Å²) in [6.07, 6.45) is 1.18. The molecule has 0 bridgehead atoms. The van der Waals surface area contributed by atoms with E-state index in [0.29, 0.717) is 17.1 Å². The Balaban J connectivity index is 1.50. The highest BCUT2D eigenvalue weighted by Gasteiger charge is 2.12. The molecule has 3 rings (SSSR count). The summed E-state index contributed by atoms with van der Waals surface area (Å²) in [6, 6.07) is 14.6. The lowest BCUT2D eigenvalue weighted by Gasteiger charge is -2.02. The minimum atomic E-state index is -0.457. The number of hydrogen-bond donors (Lipinski definition) is 1. The van der Waals surface area contributed by atoms with E-state index in [4.69, 9.17) is 0 Å². The quantitative estimate of drug-likeness (QED) is 0.280. The molecule has 0 saturated heterocycles. The Kier molecular flexibility index (Phi) is 5.62. The van der Waals surface area contributed by atoms with Crippen LogP contribution in [-0.4, -0.2) is 21.6 Å². The number of nitro groups is 1. The van der Waals surface area contributed by atoms with Crippen molar-refractivity contribution in [1.82, 2.24) is 4.98 Å². The van der Waals surface area contributed by atoms with E-state index in [1.54, 1.807) is 17.8 Å². The summed E-state index contributed by atoms with van der Waals surface area (Å²) in [5.41, 5.74) is 0.516. The van der Waals surface area contributed by atoms with Crippen molar-refractivity contribution in [1.29, 1.82) is 0 Å². The van der Waals surface area contributed by atoms with E-state index in [9.17, 15) is 14.9 Å². The molecule has 0 unspecified atom stereocenters. The number of carbonyl (C=O) groups is 1. The smallest absolute Gasteiger partial charge is 0.271 e. The minimum absolute atomic E-state index is 0.00591. The molecule has 25 heavy (non-hydrogen) atoms. The summed E-state index contributed by atoms with van der Waals surface area (Å²) >= 11 is 3.03. The molecule has 128 valence electrons. The Bertz CT molecular complexity index is 897. The van der Waals surface area contributed by atoms with Crippen LogP contribution in [0.25, 0.3) is 10.2 Å². The first-order chi connectivity index (χ1) is 12.1. The van der Waals surface area contributed by atoms with Crippen LogP contribution in [-0.2, 0) is 4.79 Å². The van der Waals surface area contributed by atoms with Gasteiger partial charge in [-0.25, -0.2) is 4.98 Å². The lowest BCUT2D eigenvalue weighted by Crippen LogP contribution is -2.11. The van der Waals surface area contributed by atoms with Crippen molar-refractivity contribution >= 4 is 50.0 Å². The van der Waals surface area contributed by atoms with Gasteiger partial charge in [0.2, 0.25) is 5.91 Å². The number of carbonyl (C=O) groups excluding carboxylic acids is 1. The molecule has 0 fully saturated rings. The average molecular weight is 373 g/mol. The first-order valence-electron chi connectivity index (χ1n) is 7.64. The van der Waals surface area contributed by atoms with Gasteiger partial charge in [0.05, 0.1) is 15.1 Å². The van der Waals surface area contributed by atoms with Gasteiger partial charge in [-0.05, 0) is 30.4 Å². The molecular formula is C17H15N3O3S2. The number of thiazole rings is 1. The largest absolute Gasteiger partial charge is 0.302 e. The second-order valence-electron chi connectivity index (χ2n) is 5.24. The predicted molar refractivity (Wildman–Crippen MR) is 101 cm³/mol. The van der Waals surface area contributed by atoms with Gasteiger partial charge in [0, 0.05) is 23.4 Å². The molecule has 1 heterocycles. The van der Waals surface area contributed by atoms with Crippen LogP contribution in [0.3, 0.4) is 0 Å². The van der Waals surface area contributed by atoms with Crippen molar-refractivity contribution in [2.45, 2.75) is 17.7 Å². The number of hydrogen-bond acceptors (Lipinski definition) is 6. The van der Waals surface area contributed by atoms with Gasteiger partial charge in [-0.2, -0.15) is 0 Å². The average Bonchev–Trinajstić information content (AvgIpc) is 3.00. The highest BCUT2D eigenvalue weighted by Crippen LogP contribution is 2.29. The number of nitro benzene ring substituents is 1. The second-order valence-corrected chi connectivity index (χ2v) is 7.44. The molecule has 1 aromatic heterocycles. The van der Waals surface area contributed by atoms with Gasteiger partial charge in [-0.3, -0.25) is 14.9 Å². The number of aromatic nitrogens is 1. The van der Waals surface area contributed by atoms with Crippen molar-refractivity contribution in [2.24, 2.45) is 0 Å². The molecule has 0 spiro atoms. The third-order valence-corrected chi connectivity index (χ3v) is 5.44. The van der Waals surface area contributed by atoms with E-state index in [1.165, 1.54) is 28.4 Å². The van der Waals surface area contributed by atoms with E-state index in [0.717, 1.165) is 16.9 Å². The maximum Gasteiger partial charge on any atom is 0.271 e. The Morgan fingerprint density at radius 1 is 1.24 bits per heavy atom. The fourth-order valence-corrected chi connectivity index (χ4v) is 3.94. The van der Waals surface area contributed by atoms with Gasteiger partial charge in [-0.1, -0.05) is 29.5 Å². The minimum Gasteiger partial charge on any atom is -0.302 e. The molecular weight excluding hydrogens is 358 g/mol. The third-order valence-electron chi connectivity index (χ3n) is 3.39. The second kappa shape index (κ2) is 8.09. The molecule has 2 aromatic carbocycles. The molecule has 0 aliphatic heterocycles. The van der Waals surface area contributed by atoms with Crippen LogP contribution in [0.4, 0.5) is 10.8 Å². The molecule has 8 heteroatoms. The molecule has 0 radical (unpaired) electrons. The number of non-ortho nitro benzene ring substituents is 1. The lowest BCUT2D eigenvalue weighted by molar-refractivity contribution is -0.384. The molecule has 0 atom stereocenters. The lowest BCUT2D eigenvalue weighted by atomic mass is 10.3. The van der Waals surface area contributed by atoms with Crippen molar-refractivity contribution in [3.63, 3.8) is 0 Å². The number of nitrogens with zero attached hydrogens (tertiary/aromatic N) is 2. The SMILES string of the molecule is O=C(CCCSc1ccccc1)Nc1nc2cc([N+](=O)[O-])ccc2s1. The first kappa shape index (κ1) is 17.4.